The quantitative estimate of drug-likeness (QED) is 0.824. The van der Waals surface area contributed by atoms with Crippen molar-refractivity contribution in [1.29, 1.82) is 0 Å². The minimum absolute atomic E-state index is 0.152. The molecule has 1 saturated heterocycles. The molecule has 4 heterocycles. The second-order valence-electron chi connectivity index (χ2n) is 6.99. The standard InChI is InChI=1S/C18H21NO3S2/c1-18-9-14-12-19(11-13-3-5-16(22-2)6-4-13)15(10-18)7-8-23-17(14)24(18,20)21/h3-8,15H,9-12H2,1-2H3/b8-7-. The number of thioether (sulfide) groups is 1. The number of benzene rings is 1. The Kier molecular flexibility index (Phi) is 3.82. The number of hydrogen-bond acceptors (Lipinski definition) is 5. The lowest BCUT2D eigenvalue weighted by molar-refractivity contribution is 0.231. The molecule has 2 unspecified atom stereocenters. The maximum absolute atomic E-state index is 12.9. The van der Waals surface area contributed by atoms with Crippen LogP contribution in [0.2, 0.25) is 0 Å². The van der Waals surface area contributed by atoms with Gasteiger partial charge in [0.2, 0.25) is 0 Å². The van der Waals surface area contributed by atoms with E-state index in [4.69, 9.17) is 4.74 Å². The van der Waals surface area contributed by atoms with Crippen LogP contribution in [0.5, 0.6) is 5.75 Å². The lowest BCUT2D eigenvalue weighted by Gasteiger charge is -2.35. The summed E-state index contributed by atoms with van der Waals surface area (Å²) >= 11 is 1.39. The normalized spacial score (nSPS) is 32.5. The molecule has 4 bridgehead atoms. The number of methoxy groups -OCH3 is 1. The highest BCUT2D eigenvalue weighted by molar-refractivity contribution is 8.20. The summed E-state index contributed by atoms with van der Waals surface area (Å²) in [6.07, 6.45) is 3.51. The third-order valence-corrected chi connectivity index (χ3v) is 9.42. The molecular weight excluding hydrogens is 342 g/mol. The van der Waals surface area contributed by atoms with Gasteiger partial charge in [-0.05, 0) is 48.4 Å². The second-order valence-corrected chi connectivity index (χ2v) is 10.6. The third-order valence-electron chi connectivity index (χ3n) is 5.29. The average molecular weight is 364 g/mol. The number of rotatable bonds is 3. The minimum Gasteiger partial charge on any atom is -0.497 e. The minimum atomic E-state index is -3.18. The van der Waals surface area contributed by atoms with Gasteiger partial charge in [-0.2, -0.15) is 0 Å². The van der Waals surface area contributed by atoms with Crippen LogP contribution in [0, 0.1) is 0 Å². The maximum Gasteiger partial charge on any atom is 0.190 e. The van der Waals surface area contributed by atoms with Gasteiger partial charge in [0.25, 0.3) is 0 Å². The van der Waals surface area contributed by atoms with E-state index in [0.717, 1.165) is 24.4 Å². The summed E-state index contributed by atoms with van der Waals surface area (Å²) in [6, 6.07) is 8.26. The fourth-order valence-electron chi connectivity index (χ4n) is 3.94. The molecule has 0 aromatic heterocycles. The zero-order valence-electron chi connectivity index (χ0n) is 13.9. The summed E-state index contributed by atoms with van der Waals surface area (Å²) in [5.41, 5.74) is 2.30. The summed E-state index contributed by atoms with van der Waals surface area (Å²) in [6.45, 7) is 3.47. The number of fused-ring (bicyclic) bond motifs is 2. The smallest absolute Gasteiger partial charge is 0.190 e. The monoisotopic (exact) mass is 363 g/mol. The zero-order chi connectivity index (χ0) is 16.9. The Morgan fingerprint density at radius 1 is 1.33 bits per heavy atom. The van der Waals surface area contributed by atoms with Crippen LogP contribution in [0.1, 0.15) is 25.3 Å². The van der Waals surface area contributed by atoms with Crippen LogP contribution in [-0.2, 0) is 16.4 Å². The summed E-state index contributed by atoms with van der Waals surface area (Å²) in [7, 11) is -1.51. The van der Waals surface area contributed by atoms with Crippen LogP contribution in [-0.4, -0.2) is 37.8 Å². The number of sulfone groups is 1. The highest BCUT2D eigenvalue weighted by Gasteiger charge is 2.53. The van der Waals surface area contributed by atoms with Crippen molar-refractivity contribution in [2.45, 2.75) is 37.1 Å². The first-order valence-corrected chi connectivity index (χ1v) is 10.5. The predicted octanol–water partition coefficient (Wildman–Crippen LogP) is 3.32. The average Bonchev–Trinajstić information content (AvgIpc) is 2.65. The molecule has 5 rings (SSSR count). The van der Waals surface area contributed by atoms with Gasteiger partial charge in [-0.3, -0.25) is 4.90 Å². The molecule has 4 nitrogen and oxygen atoms in total. The van der Waals surface area contributed by atoms with Gasteiger partial charge in [0.05, 0.1) is 11.9 Å². The van der Waals surface area contributed by atoms with Crippen LogP contribution in [0.4, 0.5) is 0 Å². The van der Waals surface area contributed by atoms with Crippen LogP contribution in [0.3, 0.4) is 0 Å². The van der Waals surface area contributed by atoms with Crippen molar-refractivity contribution in [1.82, 2.24) is 4.90 Å². The Bertz CT molecular complexity index is 826. The molecule has 128 valence electrons. The molecule has 1 aromatic carbocycles. The molecule has 4 aliphatic rings. The van der Waals surface area contributed by atoms with E-state index in [1.54, 1.807) is 7.11 Å². The van der Waals surface area contributed by atoms with Crippen LogP contribution < -0.4 is 4.74 Å². The van der Waals surface area contributed by atoms with Crippen molar-refractivity contribution >= 4 is 21.6 Å². The van der Waals surface area contributed by atoms with Gasteiger partial charge in [0.1, 0.15) is 9.99 Å². The summed E-state index contributed by atoms with van der Waals surface area (Å²) < 4.78 is 30.9. The van der Waals surface area contributed by atoms with Crippen molar-refractivity contribution in [3.05, 3.63) is 51.1 Å². The van der Waals surface area contributed by atoms with Gasteiger partial charge >= 0.3 is 0 Å². The maximum atomic E-state index is 12.9. The SMILES string of the molecule is COc1ccc(CN2CC3=C4S/C=C\C2CC(C)(C3)S4(=O)=O)cc1. The van der Waals surface area contributed by atoms with Crippen LogP contribution in [0.15, 0.2) is 45.6 Å². The van der Waals surface area contributed by atoms with Crippen molar-refractivity contribution in [2.75, 3.05) is 13.7 Å². The Balaban J connectivity index is 1.67. The highest BCUT2D eigenvalue weighted by atomic mass is 32.3. The first-order valence-electron chi connectivity index (χ1n) is 8.10. The van der Waals surface area contributed by atoms with Crippen molar-refractivity contribution in [3.63, 3.8) is 0 Å². The van der Waals surface area contributed by atoms with E-state index in [0.29, 0.717) is 17.1 Å². The molecule has 4 aliphatic heterocycles. The topological polar surface area (TPSA) is 46.6 Å². The first-order chi connectivity index (χ1) is 11.4. The van der Waals surface area contributed by atoms with E-state index in [1.807, 2.05) is 24.5 Å². The van der Waals surface area contributed by atoms with E-state index in [1.165, 1.54) is 17.3 Å². The molecule has 0 saturated carbocycles. The van der Waals surface area contributed by atoms with Gasteiger partial charge in [0, 0.05) is 19.1 Å². The van der Waals surface area contributed by atoms with Gasteiger partial charge in [-0.15, -0.1) is 0 Å². The van der Waals surface area contributed by atoms with E-state index >= 15 is 0 Å². The van der Waals surface area contributed by atoms with Crippen molar-refractivity contribution in [3.8, 4) is 5.75 Å². The lowest BCUT2D eigenvalue weighted by Crippen LogP contribution is -2.42. The summed E-state index contributed by atoms with van der Waals surface area (Å²) in [5, 5.41) is 1.96. The summed E-state index contributed by atoms with van der Waals surface area (Å²) in [4.78, 5) is 2.40. The lowest BCUT2D eigenvalue weighted by atomic mass is 9.96. The van der Waals surface area contributed by atoms with E-state index in [9.17, 15) is 8.42 Å². The highest BCUT2D eigenvalue weighted by Crippen LogP contribution is 2.52. The molecular formula is C18H21NO3S2. The molecule has 0 N–H and O–H groups in total. The van der Waals surface area contributed by atoms with E-state index < -0.39 is 14.6 Å². The van der Waals surface area contributed by atoms with E-state index in [2.05, 4.69) is 23.1 Å². The largest absolute Gasteiger partial charge is 0.497 e. The van der Waals surface area contributed by atoms with E-state index in [-0.39, 0.29) is 6.04 Å². The van der Waals surface area contributed by atoms with Crippen LogP contribution in [0.25, 0.3) is 0 Å². The molecule has 1 aromatic rings. The van der Waals surface area contributed by atoms with Gasteiger partial charge in [-0.1, -0.05) is 30.0 Å². The van der Waals surface area contributed by atoms with Crippen LogP contribution >= 0.6 is 11.8 Å². The first kappa shape index (κ1) is 16.2. The third kappa shape index (κ3) is 2.43. The fraction of sp³-hybridized carbons (Fsp3) is 0.444. The molecule has 2 atom stereocenters. The predicted molar refractivity (Wildman–Crippen MR) is 97.5 cm³/mol. The molecule has 1 fully saturated rings. The molecule has 0 aliphatic carbocycles. The molecule has 0 radical (unpaired) electrons. The van der Waals surface area contributed by atoms with Gasteiger partial charge < -0.3 is 4.74 Å². The second kappa shape index (κ2) is 5.64. The Hall–Kier alpha value is -1.24. The van der Waals surface area contributed by atoms with Crippen molar-refractivity contribution < 1.29 is 13.2 Å². The van der Waals surface area contributed by atoms with Crippen molar-refractivity contribution in [2.24, 2.45) is 0 Å². The van der Waals surface area contributed by atoms with Gasteiger partial charge in [-0.25, -0.2) is 8.42 Å². The number of hydrogen-bond donors (Lipinski definition) is 0. The number of ether oxygens (including phenoxy) is 1. The fourth-order valence-corrected chi connectivity index (χ4v) is 7.62. The molecule has 6 heteroatoms. The molecule has 0 amide bonds. The summed E-state index contributed by atoms with van der Waals surface area (Å²) in [5.74, 6) is 0.853. The Labute approximate surface area is 147 Å². The number of nitrogens with zero attached hydrogens (tertiary/aromatic N) is 1. The molecule has 0 spiro atoms. The molecule has 24 heavy (non-hydrogen) atoms. The Morgan fingerprint density at radius 3 is 2.79 bits per heavy atom. The Morgan fingerprint density at radius 2 is 2.08 bits per heavy atom. The van der Waals surface area contributed by atoms with Gasteiger partial charge in [0.15, 0.2) is 9.84 Å². The zero-order valence-corrected chi connectivity index (χ0v) is 15.5.